The number of aromatic nitrogens is 1. The zero-order chi connectivity index (χ0) is 12.3. The SMILES string of the molecule is Nc1ccc(Cc2ccncc2)c([N+](=O)[O-])c1. The first-order valence-electron chi connectivity index (χ1n) is 5.08. The van der Waals surface area contributed by atoms with E-state index in [-0.39, 0.29) is 5.69 Å². The summed E-state index contributed by atoms with van der Waals surface area (Å²) in [6.45, 7) is 0. The van der Waals surface area contributed by atoms with Gasteiger partial charge >= 0.3 is 0 Å². The number of benzene rings is 1. The zero-order valence-corrected chi connectivity index (χ0v) is 9.04. The number of hydrogen-bond acceptors (Lipinski definition) is 4. The summed E-state index contributed by atoms with van der Waals surface area (Å²) >= 11 is 0. The molecule has 0 saturated carbocycles. The number of nitrogens with two attached hydrogens (primary N) is 1. The van der Waals surface area contributed by atoms with E-state index in [2.05, 4.69) is 4.98 Å². The molecule has 0 aliphatic heterocycles. The molecule has 1 aromatic heterocycles. The minimum absolute atomic E-state index is 0.0572. The van der Waals surface area contributed by atoms with Gasteiger partial charge in [-0.05, 0) is 29.8 Å². The van der Waals surface area contributed by atoms with Crippen LogP contribution in [0.5, 0.6) is 0 Å². The lowest BCUT2D eigenvalue weighted by molar-refractivity contribution is -0.385. The first kappa shape index (κ1) is 11.1. The van der Waals surface area contributed by atoms with Crippen molar-refractivity contribution in [1.82, 2.24) is 4.98 Å². The lowest BCUT2D eigenvalue weighted by Gasteiger charge is -2.04. The molecule has 0 radical (unpaired) electrons. The second kappa shape index (κ2) is 4.61. The molecule has 17 heavy (non-hydrogen) atoms. The van der Waals surface area contributed by atoms with Crippen LogP contribution in [0.1, 0.15) is 11.1 Å². The Balaban J connectivity index is 2.36. The van der Waals surface area contributed by atoms with Crippen LogP contribution in [0.2, 0.25) is 0 Å². The van der Waals surface area contributed by atoms with Crippen LogP contribution >= 0.6 is 0 Å². The second-order valence-corrected chi connectivity index (χ2v) is 3.68. The minimum atomic E-state index is -0.410. The van der Waals surface area contributed by atoms with Gasteiger partial charge < -0.3 is 5.73 Å². The molecule has 0 unspecified atom stereocenters. The van der Waals surface area contributed by atoms with Crippen LogP contribution in [0.15, 0.2) is 42.7 Å². The monoisotopic (exact) mass is 229 g/mol. The molecule has 0 aliphatic carbocycles. The zero-order valence-electron chi connectivity index (χ0n) is 9.04. The molecule has 0 atom stereocenters. The molecule has 2 rings (SSSR count). The van der Waals surface area contributed by atoms with Crippen molar-refractivity contribution < 1.29 is 4.92 Å². The van der Waals surface area contributed by atoms with E-state index in [4.69, 9.17) is 5.73 Å². The molecule has 1 heterocycles. The maximum Gasteiger partial charge on any atom is 0.274 e. The third-order valence-electron chi connectivity index (χ3n) is 2.45. The summed E-state index contributed by atoms with van der Waals surface area (Å²) in [5, 5.41) is 10.9. The summed E-state index contributed by atoms with van der Waals surface area (Å²) in [5.41, 5.74) is 7.63. The summed E-state index contributed by atoms with van der Waals surface area (Å²) in [7, 11) is 0. The van der Waals surface area contributed by atoms with E-state index in [1.54, 1.807) is 24.5 Å². The summed E-state index contributed by atoms with van der Waals surface area (Å²) in [5.74, 6) is 0. The predicted octanol–water partition coefficient (Wildman–Crippen LogP) is 2.16. The van der Waals surface area contributed by atoms with Crippen LogP contribution < -0.4 is 5.73 Å². The number of anilines is 1. The Morgan fingerprint density at radius 3 is 2.59 bits per heavy atom. The third kappa shape index (κ3) is 2.57. The van der Waals surface area contributed by atoms with Gasteiger partial charge in [-0.15, -0.1) is 0 Å². The van der Waals surface area contributed by atoms with Crippen molar-refractivity contribution in [2.75, 3.05) is 5.73 Å². The van der Waals surface area contributed by atoms with Crippen molar-refractivity contribution in [2.24, 2.45) is 0 Å². The molecule has 0 saturated heterocycles. The first-order valence-corrected chi connectivity index (χ1v) is 5.08. The number of nitro groups is 1. The molecule has 86 valence electrons. The van der Waals surface area contributed by atoms with Crippen molar-refractivity contribution in [3.05, 3.63) is 64.0 Å². The van der Waals surface area contributed by atoms with E-state index < -0.39 is 4.92 Å². The van der Waals surface area contributed by atoms with Crippen molar-refractivity contribution in [2.45, 2.75) is 6.42 Å². The van der Waals surface area contributed by atoms with Crippen molar-refractivity contribution in [3.8, 4) is 0 Å². The lowest BCUT2D eigenvalue weighted by atomic mass is 10.0. The predicted molar refractivity (Wildman–Crippen MR) is 64.6 cm³/mol. The van der Waals surface area contributed by atoms with Gasteiger partial charge in [-0.25, -0.2) is 0 Å². The number of rotatable bonds is 3. The summed E-state index contributed by atoms with van der Waals surface area (Å²) < 4.78 is 0. The van der Waals surface area contributed by atoms with E-state index in [9.17, 15) is 10.1 Å². The van der Waals surface area contributed by atoms with Gasteiger partial charge in [0.25, 0.3) is 5.69 Å². The van der Waals surface area contributed by atoms with E-state index in [1.807, 2.05) is 12.1 Å². The Bertz CT molecular complexity index is 541. The fourth-order valence-electron chi connectivity index (χ4n) is 1.62. The molecule has 0 aliphatic rings. The van der Waals surface area contributed by atoms with Gasteiger partial charge in [-0.1, -0.05) is 0 Å². The highest BCUT2D eigenvalue weighted by Crippen LogP contribution is 2.23. The Morgan fingerprint density at radius 2 is 1.94 bits per heavy atom. The van der Waals surface area contributed by atoms with Crippen LogP contribution in [0.25, 0.3) is 0 Å². The van der Waals surface area contributed by atoms with Crippen molar-refractivity contribution in [1.29, 1.82) is 0 Å². The van der Waals surface area contributed by atoms with Gasteiger partial charge in [0.05, 0.1) is 4.92 Å². The molecule has 0 spiro atoms. The largest absolute Gasteiger partial charge is 0.399 e. The molecule has 2 N–H and O–H groups in total. The Morgan fingerprint density at radius 1 is 1.24 bits per heavy atom. The molecular weight excluding hydrogens is 218 g/mol. The smallest absolute Gasteiger partial charge is 0.274 e. The third-order valence-corrected chi connectivity index (χ3v) is 2.45. The first-order chi connectivity index (χ1) is 8.16. The van der Waals surface area contributed by atoms with Gasteiger partial charge in [0.15, 0.2) is 0 Å². The minimum Gasteiger partial charge on any atom is -0.399 e. The normalized spacial score (nSPS) is 10.1. The highest BCUT2D eigenvalue weighted by molar-refractivity contribution is 5.53. The van der Waals surface area contributed by atoms with Crippen LogP contribution in [-0.4, -0.2) is 9.91 Å². The molecule has 2 aromatic rings. The van der Waals surface area contributed by atoms with Gasteiger partial charge in [-0.2, -0.15) is 0 Å². The van der Waals surface area contributed by atoms with E-state index in [1.165, 1.54) is 6.07 Å². The van der Waals surface area contributed by atoms with Gasteiger partial charge in [0.2, 0.25) is 0 Å². The van der Waals surface area contributed by atoms with Gasteiger partial charge in [-0.3, -0.25) is 15.1 Å². The van der Waals surface area contributed by atoms with E-state index >= 15 is 0 Å². The number of hydrogen-bond donors (Lipinski definition) is 1. The van der Waals surface area contributed by atoms with Crippen LogP contribution in [0.4, 0.5) is 11.4 Å². The highest BCUT2D eigenvalue weighted by Gasteiger charge is 2.13. The Hall–Kier alpha value is -2.43. The van der Waals surface area contributed by atoms with Gasteiger partial charge in [0, 0.05) is 36.1 Å². The van der Waals surface area contributed by atoms with Crippen LogP contribution in [0, 0.1) is 10.1 Å². The second-order valence-electron chi connectivity index (χ2n) is 3.68. The maximum absolute atomic E-state index is 10.9. The summed E-state index contributed by atoms with van der Waals surface area (Å²) in [4.78, 5) is 14.4. The number of nitro benzene ring substituents is 1. The molecule has 5 heteroatoms. The fraction of sp³-hybridized carbons (Fsp3) is 0.0833. The number of nitrogen functional groups attached to an aromatic ring is 1. The average molecular weight is 229 g/mol. The Labute approximate surface area is 98.1 Å². The number of pyridine rings is 1. The fourth-order valence-corrected chi connectivity index (χ4v) is 1.62. The summed E-state index contributed by atoms with van der Waals surface area (Å²) in [6.07, 6.45) is 3.83. The van der Waals surface area contributed by atoms with Crippen LogP contribution in [-0.2, 0) is 6.42 Å². The summed E-state index contributed by atoms with van der Waals surface area (Å²) in [6, 6.07) is 8.41. The number of nitrogens with zero attached hydrogens (tertiary/aromatic N) is 2. The molecule has 1 aromatic carbocycles. The lowest BCUT2D eigenvalue weighted by Crippen LogP contribution is -1.98. The molecular formula is C12H11N3O2. The van der Waals surface area contributed by atoms with Crippen molar-refractivity contribution in [3.63, 3.8) is 0 Å². The van der Waals surface area contributed by atoms with E-state index in [0.29, 0.717) is 17.7 Å². The van der Waals surface area contributed by atoms with E-state index in [0.717, 1.165) is 5.56 Å². The van der Waals surface area contributed by atoms with Crippen molar-refractivity contribution >= 4 is 11.4 Å². The molecule has 5 nitrogen and oxygen atoms in total. The maximum atomic E-state index is 10.9. The highest BCUT2D eigenvalue weighted by atomic mass is 16.6. The van der Waals surface area contributed by atoms with Gasteiger partial charge in [0.1, 0.15) is 0 Å². The molecule has 0 amide bonds. The topological polar surface area (TPSA) is 82.0 Å². The molecule has 0 bridgehead atoms. The molecule has 0 fully saturated rings. The quantitative estimate of drug-likeness (QED) is 0.496. The standard InChI is InChI=1S/C12H11N3O2/c13-11-2-1-10(12(8-11)15(16)17)7-9-3-5-14-6-4-9/h1-6,8H,7,13H2. The van der Waals surface area contributed by atoms with Crippen LogP contribution in [0.3, 0.4) is 0 Å². The average Bonchev–Trinajstić information content (AvgIpc) is 2.32. The Kier molecular flexibility index (Phi) is 3.00.